The highest BCUT2D eigenvalue weighted by Gasteiger charge is 2.26. The van der Waals surface area contributed by atoms with Gasteiger partial charge < -0.3 is 10.2 Å². The Morgan fingerprint density at radius 3 is 2.89 bits per heavy atom. The second kappa shape index (κ2) is 6.36. The van der Waals surface area contributed by atoms with Crippen LogP contribution in [0.25, 0.3) is 0 Å². The maximum Gasteiger partial charge on any atom is 0.121 e. The summed E-state index contributed by atoms with van der Waals surface area (Å²) in [5.74, 6) is 0.932. The molecule has 1 aliphatic heterocycles. The van der Waals surface area contributed by atoms with Crippen molar-refractivity contribution in [1.29, 1.82) is 0 Å². The van der Waals surface area contributed by atoms with Crippen LogP contribution < -0.4 is 5.73 Å². The first-order valence-corrected chi connectivity index (χ1v) is 7.00. The fourth-order valence-electron chi connectivity index (χ4n) is 2.92. The SMILES string of the molecule is CCN(CC)C1CCN(Cc2ccoc2CN)C1. The fourth-order valence-corrected chi connectivity index (χ4v) is 2.92. The van der Waals surface area contributed by atoms with Gasteiger partial charge in [-0.25, -0.2) is 0 Å². The van der Waals surface area contributed by atoms with E-state index in [1.165, 1.54) is 18.5 Å². The van der Waals surface area contributed by atoms with Gasteiger partial charge >= 0.3 is 0 Å². The number of likely N-dealkylation sites (N-methyl/N-ethyl adjacent to an activating group) is 1. The van der Waals surface area contributed by atoms with Gasteiger partial charge in [0.05, 0.1) is 12.8 Å². The van der Waals surface area contributed by atoms with Gasteiger partial charge in [0.15, 0.2) is 0 Å². The highest BCUT2D eigenvalue weighted by molar-refractivity contribution is 5.16. The van der Waals surface area contributed by atoms with Crippen LogP contribution in [-0.2, 0) is 13.1 Å². The zero-order chi connectivity index (χ0) is 13.0. The molecular formula is C14H25N3O. The van der Waals surface area contributed by atoms with Gasteiger partial charge in [0.2, 0.25) is 0 Å². The Balaban J connectivity index is 1.89. The summed E-state index contributed by atoms with van der Waals surface area (Å²) >= 11 is 0. The van der Waals surface area contributed by atoms with Crippen molar-refractivity contribution in [2.24, 2.45) is 5.73 Å². The molecule has 1 aromatic rings. The normalized spacial score (nSPS) is 21.0. The van der Waals surface area contributed by atoms with Gasteiger partial charge in [0.1, 0.15) is 5.76 Å². The standard InChI is InChI=1S/C14H25N3O/c1-3-17(4-2)13-5-7-16(11-13)10-12-6-8-18-14(12)9-15/h6,8,13H,3-5,7,9-11,15H2,1-2H3. The predicted octanol–water partition coefficient (Wildman–Crippen LogP) is 1.65. The fraction of sp³-hybridized carbons (Fsp3) is 0.714. The van der Waals surface area contributed by atoms with E-state index in [0.29, 0.717) is 12.6 Å². The van der Waals surface area contributed by atoms with E-state index >= 15 is 0 Å². The van der Waals surface area contributed by atoms with E-state index in [1.807, 2.05) is 6.07 Å². The molecule has 2 N–H and O–H groups in total. The number of nitrogens with two attached hydrogens (primary N) is 1. The van der Waals surface area contributed by atoms with Crippen molar-refractivity contribution in [3.8, 4) is 0 Å². The molecule has 0 aromatic carbocycles. The molecule has 0 saturated carbocycles. The van der Waals surface area contributed by atoms with Crippen LogP contribution in [0.15, 0.2) is 16.7 Å². The van der Waals surface area contributed by atoms with Crippen molar-refractivity contribution in [2.45, 2.75) is 39.4 Å². The third kappa shape index (κ3) is 2.94. The molecule has 0 radical (unpaired) electrons. The van der Waals surface area contributed by atoms with E-state index in [2.05, 4.69) is 23.6 Å². The minimum atomic E-state index is 0.496. The highest BCUT2D eigenvalue weighted by Crippen LogP contribution is 2.20. The zero-order valence-electron chi connectivity index (χ0n) is 11.6. The van der Waals surface area contributed by atoms with Gasteiger partial charge in [0.25, 0.3) is 0 Å². The summed E-state index contributed by atoms with van der Waals surface area (Å²) in [7, 11) is 0. The van der Waals surface area contributed by atoms with Gasteiger partial charge in [-0.3, -0.25) is 9.80 Å². The van der Waals surface area contributed by atoms with Gasteiger partial charge in [-0.2, -0.15) is 0 Å². The molecule has 4 nitrogen and oxygen atoms in total. The number of nitrogens with zero attached hydrogens (tertiary/aromatic N) is 2. The monoisotopic (exact) mass is 251 g/mol. The molecule has 1 unspecified atom stereocenters. The van der Waals surface area contributed by atoms with E-state index < -0.39 is 0 Å². The van der Waals surface area contributed by atoms with Gasteiger partial charge in [-0.15, -0.1) is 0 Å². The van der Waals surface area contributed by atoms with Crippen LogP contribution >= 0.6 is 0 Å². The molecule has 0 aliphatic carbocycles. The summed E-state index contributed by atoms with van der Waals surface area (Å²) < 4.78 is 5.38. The van der Waals surface area contributed by atoms with E-state index in [9.17, 15) is 0 Å². The van der Waals surface area contributed by atoms with Crippen molar-refractivity contribution in [3.05, 3.63) is 23.7 Å². The molecule has 4 heteroatoms. The van der Waals surface area contributed by atoms with Crippen LogP contribution in [-0.4, -0.2) is 42.0 Å². The molecule has 1 atom stereocenters. The number of hydrogen-bond donors (Lipinski definition) is 1. The minimum Gasteiger partial charge on any atom is -0.468 e. The summed E-state index contributed by atoms with van der Waals surface area (Å²) in [6.07, 6.45) is 3.02. The minimum absolute atomic E-state index is 0.496. The second-order valence-electron chi connectivity index (χ2n) is 4.97. The highest BCUT2D eigenvalue weighted by atomic mass is 16.3. The quantitative estimate of drug-likeness (QED) is 0.835. The summed E-state index contributed by atoms with van der Waals surface area (Å²) in [5.41, 5.74) is 6.92. The molecule has 2 heterocycles. The van der Waals surface area contributed by atoms with Crippen LogP contribution in [0.3, 0.4) is 0 Å². The zero-order valence-corrected chi connectivity index (χ0v) is 11.6. The molecule has 0 bridgehead atoms. The summed E-state index contributed by atoms with van der Waals surface area (Å²) in [4.78, 5) is 5.06. The molecule has 102 valence electrons. The van der Waals surface area contributed by atoms with Gasteiger partial charge in [-0.1, -0.05) is 13.8 Å². The lowest BCUT2D eigenvalue weighted by Gasteiger charge is -2.26. The maximum atomic E-state index is 5.67. The van der Waals surface area contributed by atoms with Crippen molar-refractivity contribution in [2.75, 3.05) is 26.2 Å². The van der Waals surface area contributed by atoms with Crippen LogP contribution in [0.4, 0.5) is 0 Å². The van der Waals surface area contributed by atoms with Gasteiger partial charge in [-0.05, 0) is 25.6 Å². The summed E-state index contributed by atoms with van der Waals surface area (Å²) in [6.45, 7) is 10.6. The Kier molecular flexibility index (Phi) is 4.80. The molecule has 2 rings (SSSR count). The first-order chi connectivity index (χ1) is 8.78. The van der Waals surface area contributed by atoms with Crippen molar-refractivity contribution in [3.63, 3.8) is 0 Å². The average Bonchev–Trinajstić information content (AvgIpc) is 3.01. The Morgan fingerprint density at radius 1 is 1.44 bits per heavy atom. The average molecular weight is 251 g/mol. The Labute approximate surface area is 110 Å². The molecule has 1 fully saturated rings. The van der Waals surface area contributed by atoms with Crippen LogP contribution in [0.2, 0.25) is 0 Å². The van der Waals surface area contributed by atoms with E-state index in [1.54, 1.807) is 6.26 Å². The Hall–Kier alpha value is -0.840. The molecule has 0 amide bonds. The first kappa shape index (κ1) is 13.6. The third-order valence-corrected chi connectivity index (χ3v) is 3.99. The van der Waals surface area contributed by atoms with Crippen LogP contribution in [0, 0.1) is 0 Å². The van der Waals surface area contributed by atoms with Gasteiger partial charge in [0, 0.05) is 31.2 Å². The lowest BCUT2D eigenvalue weighted by molar-refractivity contribution is 0.208. The van der Waals surface area contributed by atoms with Crippen molar-refractivity contribution >= 4 is 0 Å². The molecule has 18 heavy (non-hydrogen) atoms. The lowest BCUT2D eigenvalue weighted by Crippen LogP contribution is -2.37. The lowest BCUT2D eigenvalue weighted by atomic mass is 10.2. The summed E-state index contributed by atoms with van der Waals surface area (Å²) in [6, 6.07) is 2.76. The number of hydrogen-bond acceptors (Lipinski definition) is 4. The Bertz CT molecular complexity index is 360. The molecule has 1 aliphatic rings. The largest absolute Gasteiger partial charge is 0.468 e. The van der Waals surface area contributed by atoms with Crippen molar-refractivity contribution < 1.29 is 4.42 Å². The number of likely N-dealkylation sites (tertiary alicyclic amines) is 1. The van der Waals surface area contributed by atoms with E-state index in [-0.39, 0.29) is 0 Å². The molecule has 1 aromatic heterocycles. The predicted molar refractivity (Wildman–Crippen MR) is 73.2 cm³/mol. The second-order valence-corrected chi connectivity index (χ2v) is 4.97. The third-order valence-electron chi connectivity index (χ3n) is 3.99. The number of rotatable bonds is 6. The van der Waals surface area contributed by atoms with Crippen molar-refractivity contribution in [1.82, 2.24) is 9.80 Å². The first-order valence-electron chi connectivity index (χ1n) is 7.00. The number of furan rings is 1. The van der Waals surface area contributed by atoms with Crippen LogP contribution in [0.5, 0.6) is 0 Å². The summed E-state index contributed by atoms with van der Waals surface area (Å²) in [5, 5.41) is 0. The van der Waals surface area contributed by atoms with E-state index in [0.717, 1.165) is 31.9 Å². The Morgan fingerprint density at radius 2 is 2.22 bits per heavy atom. The maximum absolute atomic E-state index is 5.67. The molecule has 1 saturated heterocycles. The topological polar surface area (TPSA) is 45.6 Å². The molecular weight excluding hydrogens is 226 g/mol. The molecule has 0 spiro atoms. The van der Waals surface area contributed by atoms with Crippen LogP contribution in [0.1, 0.15) is 31.6 Å². The van der Waals surface area contributed by atoms with E-state index in [4.69, 9.17) is 10.2 Å². The smallest absolute Gasteiger partial charge is 0.121 e.